The molecule has 0 amide bonds. The van der Waals surface area contributed by atoms with Crippen LogP contribution in [0.15, 0.2) is 19.0 Å². The molecule has 0 aromatic carbocycles. The highest BCUT2D eigenvalue weighted by atomic mass is 16.3. The summed E-state index contributed by atoms with van der Waals surface area (Å²) >= 11 is 0. The zero-order chi connectivity index (χ0) is 7.56. The van der Waals surface area contributed by atoms with Gasteiger partial charge in [0.2, 0.25) is 0 Å². The number of aryl methyl sites for hydroxylation is 1. The Labute approximate surface area is 59.8 Å². The molecule has 0 unspecified atom stereocenters. The van der Waals surface area contributed by atoms with E-state index in [9.17, 15) is 5.11 Å². The van der Waals surface area contributed by atoms with Crippen LogP contribution in [-0.2, 0) is 6.54 Å². The van der Waals surface area contributed by atoms with Gasteiger partial charge in [0.05, 0.1) is 12.7 Å². The van der Waals surface area contributed by atoms with Crippen LogP contribution in [0.4, 0.5) is 0 Å². The lowest BCUT2D eigenvalue weighted by atomic mass is 10.7. The second kappa shape index (κ2) is 2.56. The Hall–Kier alpha value is -1.25. The molecular weight excluding hydrogens is 128 g/mol. The number of rotatable bonds is 2. The number of hydrogen-bond donors (Lipinski definition) is 1. The predicted octanol–water partition coefficient (Wildman–Crippen LogP) is 0.602. The lowest BCUT2D eigenvalue weighted by Gasteiger charge is -1.88. The molecule has 1 heterocycles. The van der Waals surface area contributed by atoms with E-state index in [2.05, 4.69) is 6.58 Å². The summed E-state index contributed by atoms with van der Waals surface area (Å²) in [6.45, 7) is 6.26. The number of hydrogen-bond acceptors (Lipinski definition) is 1. The van der Waals surface area contributed by atoms with Gasteiger partial charge in [0.25, 0.3) is 0 Å². The lowest BCUT2D eigenvalue weighted by molar-refractivity contribution is -0.698. The Morgan fingerprint density at radius 1 is 1.90 bits per heavy atom. The van der Waals surface area contributed by atoms with Crippen LogP contribution in [-0.4, -0.2) is 9.67 Å². The average Bonchev–Trinajstić information content (AvgIpc) is 2.30. The Balaban J connectivity index is 3.08. The Bertz CT molecular complexity index is 240. The summed E-state index contributed by atoms with van der Waals surface area (Å²) in [5.74, 6) is 0. The van der Waals surface area contributed by atoms with Gasteiger partial charge in [-0.2, -0.15) is 9.13 Å². The van der Waals surface area contributed by atoms with E-state index in [1.165, 1.54) is 0 Å². The van der Waals surface area contributed by atoms with Crippen LogP contribution < -0.4 is 4.57 Å². The van der Waals surface area contributed by atoms with E-state index in [-0.39, 0.29) is 6.01 Å². The normalized spacial score (nSPS) is 9.70. The van der Waals surface area contributed by atoms with Crippen LogP contribution >= 0.6 is 0 Å². The molecule has 1 N–H and O–H groups in total. The second-order valence-electron chi connectivity index (χ2n) is 1.97. The van der Waals surface area contributed by atoms with Crippen molar-refractivity contribution in [3.63, 3.8) is 0 Å². The third-order valence-electron chi connectivity index (χ3n) is 1.43. The third-order valence-corrected chi connectivity index (χ3v) is 1.43. The van der Waals surface area contributed by atoms with E-state index in [1.807, 2.05) is 6.92 Å². The highest BCUT2D eigenvalue weighted by Crippen LogP contribution is 2.01. The van der Waals surface area contributed by atoms with Crippen molar-refractivity contribution in [3.8, 4) is 6.01 Å². The summed E-state index contributed by atoms with van der Waals surface area (Å²) in [7, 11) is 0. The summed E-state index contributed by atoms with van der Waals surface area (Å²) in [5, 5.41) is 9.28. The van der Waals surface area contributed by atoms with Gasteiger partial charge in [0, 0.05) is 0 Å². The van der Waals surface area contributed by atoms with Gasteiger partial charge in [0.15, 0.2) is 0 Å². The fraction of sp³-hybridized carbons (Fsp3) is 0.286. The van der Waals surface area contributed by atoms with Crippen LogP contribution in [0.3, 0.4) is 0 Å². The van der Waals surface area contributed by atoms with Crippen molar-refractivity contribution >= 4 is 6.20 Å². The van der Waals surface area contributed by atoms with Gasteiger partial charge in [-0.15, -0.1) is 0 Å². The molecule has 1 aromatic rings. The van der Waals surface area contributed by atoms with E-state index in [0.717, 1.165) is 6.54 Å². The van der Waals surface area contributed by atoms with Crippen molar-refractivity contribution in [2.45, 2.75) is 13.5 Å². The van der Waals surface area contributed by atoms with Crippen molar-refractivity contribution in [2.75, 3.05) is 0 Å². The molecule has 54 valence electrons. The van der Waals surface area contributed by atoms with E-state index < -0.39 is 0 Å². The van der Waals surface area contributed by atoms with Crippen LogP contribution in [0, 0.1) is 0 Å². The summed E-state index contributed by atoms with van der Waals surface area (Å²) < 4.78 is 3.28. The van der Waals surface area contributed by atoms with Gasteiger partial charge in [-0.25, -0.2) is 0 Å². The van der Waals surface area contributed by atoms with Gasteiger partial charge in [-0.1, -0.05) is 6.58 Å². The molecule has 0 fully saturated rings. The molecule has 0 aliphatic rings. The SMILES string of the molecule is C=Cn1cc[n+](CC)c1O. The molecule has 0 radical (unpaired) electrons. The van der Waals surface area contributed by atoms with E-state index in [4.69, 9.17) is 0 Å². The average molecular weight is 139 g/mol. The summed E-state index contributed by atoms with van der Waals surface area (Å²) in [6, 6.07) is 0.220. The largest absolute Gasteiger partial charge is 0.458 e. The fourth-order valence-corrected chi connectivity index (χ4v) is 0.823. The molecule has 3 nitrogen and oxygen atoms in total. The van der Waals surface area contributed by atoms with Crippen LogP contribution in [0.1, 0.15) is 6.92 Å². The molecule has 0 saturated carbocycles. The van der Waals surface area contributed by atoms with Gasteiger partial charge >= 0.3 is 6.01 Å². The quantitative estimate of drug-likeness (QED) is 0.597. The van der Waals surface area contributed by atoms with Crippen molar-refractivity contribution in [1.82, 2.24) is 4.57 Å². The summed E-state index contributed by atoms with van der Waals surface area (Å²) in [5.41, 5.74) is 0. The Morgan fingerprint density at radius 3 is 2.90 bits per heavy atom. The minimum Gasteiger partial charge on any atom is -0.446 e. The molecule has 10 heavy (non-hydrogen) atoms. The van der Waals surface area contributed by atoms with Gasteiger partial charge in [-0.3, -0.25) is 0 Å². The number of aromatic hydroxyl groups is 1. The zero-order valence-electron chi connectivity index (χ0n) is 5.99. The van der Waals surface area contributed by atoms with Crippen LogP contribution in [0.5, 0.6) is 6.01 Å². The van der Waals surface area contributed by atoms with Crippen LogP contribution in [0.25, 0.3) is 6.20 Å². The number of aromatic nitrogens is 2. The summed E-state index contributed by atoms with van der Waals surface area (Å²) in [6.07, 6.45) is 5.12. The first-order valence-corrected chi connectivity index (χ1v) is 3.21. The maximum absolute atomic E-state index is 9.28. The van der Waals surface area contributed by atoms with Crippen molar-refractivity contribution < 1.29 is 9.67 Å². The Morgan fingerprint density at radius 2 is 2.60 bits per heavy atom. The van der Waals surface area contributed by atoms with Crippen molar-refractivity contribution in [2.24, 2.45) is 0 Å². The van der Waals surface area contributed by atoms with Crippen LogP contribution in [0.2, 0.25) is 0 Å². The molecule has 0 saturated heterocycles. The standard InChI is InChI=1S/C7H10N2O/c1-3-8-5-6-9(4-2)7(8)10/h3,5-6H,1,4H2,2H3/p+1. The minimum atomic E-state index is 0.220. The molecular formula is C7H11N2O+. The molecule has 3 heteroatoms. The van der Waals surface area contributed by atoms with Crippen molar-refractivity contribution in [3.05, 3.63) is 19.0 Å². The van der Waals surface area contributed by atoms with Crippen molar-refractivity contribution in [1.29, 1.82) is 0 Å². The first-order valence-electron chi connectivity index (χ1n) is 3.21. The van der Waals surface area contributed by atoms with E-state index in [0.29, 0.717) is 0 Å². The zero-order valence-corrected chi connectivity index (χ0v) is 5.99. The smallest absolute Gasteiger partial charge is 0.446 e. The molecule has 0 aliphatic carbocycles. The molecule has 0 spiro atoms. The van der Waals surface area contributed by atoms with Gasteiger partial charge in [0.1, 0.15) is 12.4 Å². The highest BCUT2D eigenvalue weighted by molar-refractivity contribution is 5.18. The Kier molecular flexibility index (Phi) is 1.76. The predicted molar refractivity (Wildman–Crippen MR) is 38.4 cm³/mol. The number of imidazole rings is 1. The molecule has 0 atom stereocenters. The molecule has 1 aromatic heterocycles. The highest BCUT2D eigenvalue weighted by Gasteiger charge is 2.10. The fourth-order valence-electron chi connectivity index (χ4n) is 0.823. The van der Waals surface area contributed by atoms with Gasteiger partial charge < -0.3 is 5.11 Å². The molecule has 0 bridgehead atoms. The number of nitrogens with zero attached hydrogens (tertiary/aromatic N) is 2. The second-order valence-corrected chi connectivity index (χ2v) is 1.97. The van der Waals surface area contributed by atoms with Gasteiger partial charge in [-0.05, 0) is 6.92 Å². The van der Waals surface area contributed by atoms with E-state index in [1.54, 1.807) is 27.7 Å². The van der Waals surface area contributed by atoms with E-state index >= 15 is 0 Å². The first-order chi connectivity index (χ1) is 4.79. The lowest BCUT2D eigenvalue weighted by Crippen LogP contribution is -2.29. The monoisotopic (exact) mass is 139 g/mol. The molecule has 1 rings (SSSR count). The third kappa shape index (κ3) is 0.900. The summed E-state index contributed by atoms with van der Waals surface area (Å²) in [4.78, 5) is 0. The maximum atomic E-state index is 9.28. The minimum absolute atomic E-state index is 0.220. The maximum Gasteiger partial charge on any atom is 0.458 e. The topological polar surface area (TPSA) is 29.0 Å². The molecule has 0 aliphatic heterocycles. The first kappa shape index (κ1) is 6.86.